The molecule has 0 atom stereocenters. The standard InChI is InChI=1S/C17H29NO2/c1-13(2)11-18-12-16-9-14(3)17(15(4)10-16)20-8-6-5-7-19/h9-10,13,18-19H,5-8,11-12H2,1-4H3. The predicted molar refractivity (Wildman–Crippen MR) is 84.3 cm³/mol. The van der Waals surface area contributed by atoms with Crippen molar-refractivity contribution in [1.29, 1.82) is 0 Å². The highest BCUT2D eigenvalue weighted by atomic mass is 16.5. The first-order chi connectivity index (χ1) is 9.54. The van der Waals surface area contributed by atoms with E-state index in [1.54, 1.807) is 0 Å². The van der Waals surface area contributed by atoms with Gasteiger partial charge in [-0.3, -0.25) is 0 Å². The molecule has 2 N–H and O–H groups in total. The Morgan fingerprint density at radius 1 is 1.15 bits per heavy atom. The lowest BCUT2D eigenvalue weighted by Crippen LogP contribution is -2.19. The van der Waals surface area contributed by atoms with E-state index >= 15 is 0 Å². The van der Waals surface area contributed by atoms with Gasteiger partial charge in [-0.15, -0.1) is 0 Å². The van der Waals surface area contributed by atoms with E-state index < -0.39 is 0 Å². The number of nitrogens with one attached hydrogen (secondary N) is 1. The van der Waals surface area contributed by atoms with Gasteiger partial charge in [0.05, 0.1) is 6.61 Å². The summed E-state index contributed by atoms with van der Waals surface area (Å²) < 4.78 is 5.84. The Morgan fingerprint density at radius 2 is 1.80 bits per heavy atom. The number of unbranched alkanes of at least 4 members (excludes halogenated alkanes) is 1. The van der Waals surface area contributed by atoms with Crippen LogP contribution in [0.15, 0.2) is 12.1 Å². The lowest BCUT2D eigenvalue weighted by Gasteiger charge is -2.15. The normalized spacial score (nSPS) is 11.1. The molecule has 1 aromatic rings. The second kappa shape index (κ2) is 8.98. The van der Waals surface area contributed by atoms with Crippen molar-refractivity contribution < 1.29 is 9.84 Å². The first-order valence-electron chi connectivity index (χ1n) is 7.59. The number of aliphatic hydroxyl groups excluding tert-OH is 1. The summed E-state index contributed by atoms with van der Waals surface area (Å²) in [6, 6.07) is 4.39. The van der Waals surface area contributed by atoms with Gasteiger partial charge in [0, 0.05) is 13.2 Å². The number of hydrogen-bond acceptors (Lipinski definition) is 3. The number of aliphatic hydroxyl groups is 1. The van der Waals surface area contributed by atoms with Crippen LogP contribution in [-0.4, -0.2) is 24.9 Å². The van der Waals surface area contributed by atoms with Gasteiger partial charge < -0.3 is 15.2 Å². The third-order valence-corrected chi connectivity index (χ3v) is 3.20. The molecular weight excluding hydrogens is 250 g/mol. The highest BCUT2D eigenvalue weighted by Gasteiger charge is 2.06. The minimum atomic E-state index is 0.238. The van der Waals surface area contributed by atoms with E-state index in [1.807, 2.05) is 0 Å². The summed E-state index contributed by atoms with van der Waals surface area (Å²) >= 11 is 0. The fourth-order valence-electron chi connectivity index (χ4n) is 2.26. The van der Waals surface area contributed by atoms with Gasteiger partial charge in [0.2, 0.25) is 0 Å². The summed E-state index contributed by atoms with van der Waals surface area (Å²) in [5.41, 5.74) is 3.69. The summed E-state index contributed by atoms with van der Waals surface area (Å²) in [4.78, 5) is 0. The Hall–Kier alpha value is -1.06. The van der Waals surface area contributed by atoms with Crippen LogP contribution >= 0.6 is 0 Å². The number of ether oxygens (including phenoxy) is 1. The van der Waals surface area contributed by atoms with Gasteiger partial charge in [-0.25, -0.2) is 0 Å². The Bertz CT molecular complexity index is 379. The lowest BCUT2D eigenvalue weighted by atomic mass is 10.1. The molecule has 0 radical (unpaired) electrons. The van der Waals surface area contributed by atoms with Crippen molar-refractivity contribution in [3.8, 4) is 5.75 Å². The zero-order valence-corrected chi connectivity index (χ0v) is 13.3. The Balaban J connectivity index is 2.56. The summed E-state index contributed by atoms with van der Waals surface area (Å²) in [6.07, 6.45) is 1.70. The molecule has 0 aliphatic rings. The maximum absolute atomic E-state index is 8.77. The summed E-state index contributed by atoms with van der Waals surface area (Å²) in [5.74, 6) is 1.67. The average molecular weight is 279 g/mol. The number of hydrogen-bond donors (Lipinski definition) is 2. The van der Waals surface area contributed by atoms with Crippen LogP contribution in [0.25, 0.3) is 0 Å². The monoisotopic (exact) mass is 279 g/mol. The molecular formula is C17H29NO2. The van der Waals surface area contributed by atoms with Crippen LogP contribution in [0.2, 0.25) is 0 Å². The van der Waals surface area contributed by atoms with Gasteiger partial charge in [0.15, 0.2) is 0 Å². The van der Waals surface area contributed by atoms with Gasteiger partial charge in [-0.05, 0) is 55.8 Å². The van der Waals surface area contributed by atoms with E-state index in [-0.39, 0.29) is 6.61 Å². The predicted octanol–water partition coefficient (Wildman–Crippen LogP) is 3.20. The zero-order chi connectivity index (χ0) is 15.0. The van der Waals surface area contributed by atoms with Crippen LogP contribution in [0.3, 0.4) is 0 Å². The molecule has 0 fully saturated rings. The first-order valence-corrected chi connectivity index (χ1v) is 7.59. The summed E-state index contributed by atoms with van der Waals surface area (Å²) in [5, 5.41) is 12.2. The Kier molecular flexibility index (Phi) is 7.63. The van der Waals surface area contributed by atoms with Gasteiger partial charge in [0.25, 0.3) is 0 Å². The SMILES string of the molecule is Cc1cc(CNCC(C)C)cc(C)c1OCCCCO. The molecule has 0 amide bonds. The largest absolute Gasteiger partial charge is 0.493 e. The van der Waals surface area contributed by atoms with Gasteiger partial charge in [-0.2, -0.15) is 0 Å². The van der Waals surface area contributed by atoms with Crippen LogP contribution in [0.5, 0.6) is 5.75 Å². The van der Waals surface area contributed by atoms with Crippen LogP contribution in [0, 0.1) is 19.8 Å². The molecule has 0 aliphatic carbocycles. The van der Waals surface area contributed by atoms with Crippen molar-refractivity contribution in [3.63, 3.8) is 0 Å². The molecule has 3 heteroatoms. The second-order valence-electron chi connectivity index (χ2n) is 5.86. The van der Waals surface area contributed by atoms with Crippen molar-refractivity contribution in [3.05, 3.63) is 28.8 Å². The quantitative estimate of drug-likeness (QED) is 0.682. The minimum Gasteiger partial charge on any atom is -0.493 e. The van der Waals surface area contributed by atoms with Crippen LogP contribution < -0.4 is 10.1 Å². The molecule has 0 saturated carbocycles. The van der Waals surface area contributed by atoms with Crippen LogP contribution in [0.4, 0.5) is 0 Å². The maximum Gasteiger partial charge on any atom is 0.125 e. The second-order valence-corrected chi connectivity index (χ2v) is 5.86. The van der Waals surface area contributed by atoms with Gasteiger partial charge >= 0.3 is 0 Å². The van der Waals surface area contributed by atoms with E-state index in [0.717, 1.165) is 31.7 Å². The highest BCUT2D eigenvalue weighted by molar-refractivity contribution is 5.43. The van der Waals surface area contributed by atoms with E-state index in [1.165, 1.54) is 16.7 Å². The fourth-order valence-corrected chi connectivity index (χ4v) is 2.26. The Morgan fingerprint density at radius 3 is 2.35 bits per heavy atom. The molecule has 20 heavy (non-hydrogen) atoms. The van der Waals surface area contributed by atoms with Crippen molar-refractivity contribution in [2.45, 2.75) is 47.1 Å². The lowest BCUT2D eigenvalue weighted by molar-refractivity contribution is 0.252. The van der Waals surface area contributed by atoms with Crippen LogP contribution in [-0.2, 0) is 6.54 Å². The Labute approximate surface area is 123 Å². The molecule has 0 spiro atoms. The van der Waals surface area contributed by atoms with Crippen molar-refractivity contribution in [1.82, 2.24) is 5.32 Å². The zero-order valence-electron chi connectivity index (χ0n) is 13.3. The average Bonchev–Trinajstić information content (AvgIpc) is 2.36. The smallest absolute Gasteiger partial charge is 0.125 e. The van der Waals surface area contributed by atoms with Gasteiger partial charge in [-0.1, -0.05) is 26.0 Å². The molecule has 1 aromatic carbocycles. The van der Waals surface area contributed by atoms with E-state index in [0.29, 0.717) is 12.5 Å². The molecule has 0 aliphatic heterocycles. The fraction of sp³-hybridized carbons (Fsp3) is 0.647. The summed E-state index contributed by atoms with van der Waals surface area (Å²) in [7, 11) is 0. The van der Waals surface area contributed by atoms with Crippen LogP contribution in [0.1, 0.15) is 43.4 Å². The molecule has 0 aromatic heterocycles. The molecule has 0 unspecified atom stereocenters. The van der Waals surface area contributed by atoms with Gasteiger partial charge in [0.1, 0.15) is 5.75 Å². The maximum atomic E-state index is 8.77. The molecule has 114 valence electrons. The van der Waals surface area contributed by atoms with E-state index in [9.17, 15) is 0 Å². The molecule has 0 saturated heterocycles. The third-order valence-electron chi connectivity index (χ3n) is 3.20. The van der Waals surface area contributed by atoms with Crippen molar-refractivity contribution in [2.75, 3.05) is 19.8 Å². The molecule has 0 bridgehead atoms. The summed E-state index contributed by atoms with van der Waals surface area (Å²) in [6.45, 7) is 11.5. The van der Waals surface area contributed by atoms with Crippen molar-refractivity contribution >= 4 is 0 Å². The topological polar surface area (TPSA) is 41.5 Å². The molecule has 3 nitrogen and oxygen atoms in total. The van der Waals surface area contributed by atoms with E-state index in [4.69, 9.17) is 9.84 Å². The van der Waals surface area contributed by atoms with E-state index in [2.05, 4.69) is 45.1 Å². The number of rotatable bonds is 9. The molecule has 0 heterocycles. The number of benzene rings is 1. The first kappa shape index (κ1) is 17.0. The third kappa shape index (κ3) is 5.93. The minimum absolute atomic E-state index is 0.238. The number of aryl methyl sites for hydroxylation is 2. The highest BCUT2D eigenvalue weighted by Crippen LogP contribution is 2.25. The van der Waals surface area contributed by atoms with Crippen molar-refractivity contribution in [2.24, 2.45) is 5.92 Å². The molecule has 1 rings (SSSR count).